The molecule has 1 amide bonds. The van der Waals surface area contributed by atoms with Gasteiger partial charge in [-0.15, -0.1) is 5.10 Å². The average molecular weight is 333 g/mol. The number of carbonyl (C=O) groups excluding carboxylic acids is 1. The Kier molecular flexibility index (Phi) is 3.98. The molecular formula is C15H10F3N5O. The lowest BCUT2D eigenvalue weighted by molar-refractivity contribution is -0.143. The maximum Gasteiger partial charge on any atom is 0.435 e. The van der Waals surface area contributed by atoms with Crippen LogP contribution in [0.15, 0.2) is 54.7 Å². The number of alkyl halides is 3. The number of nitrogens with zero attached hydrogens (tertiary/aromatic N) is 4. The molecule has 0 aliphatic heterocycles. The molecule has 0 bridgehead atoms. The highest BCUT2D eigenvalue weighted by Gasteiger charge is 2.42. The van der Waals surface area contributed by atoms with E-state index in [1.165, 1.54) is 24.4 Å². The summed E-state index contributed by atoms with van der Waals surface area (Å²) in [5.74, 6) is -0.923. The SMILES string of the molecule is O=C(Nc1ccccn1)c1nnn(-c2ccccc2)c1C(F)(F)F. The fourth-order valence-corrected chi connectivity index (χ4v) is 2.05. The summed E-state index contributed by atoms with van der Waals surface area (Å²) in [5, 5.41) is 9.16. The van der Waals surface area contributed by atoms with Crippen LogP contribution < -0.4 is 5.32 Å². The van der Waals surface area contributed by atoms with Crippen LogP contribution in [0.1, 0.15) is 16.2 Å². The van der Waals surface area contributed by atoms with Crippen LogP contribution in [-0.2, 0) is 6.18 Å². The van der Waals surface area contributed by atoms with Gasteiger partial charge in [-0.05, 0) is 24.3 Å². The molecule has 1 N–H and O–H groups in total. The van der Waals surface area contributed by atoms with E-state index in [9.17, 15) is 18.0 Å². The molecule has 0 saturated carbocycles. The standard InChI is InChI=1S/C15H10F3N5O/c16-15(17,18)13-12(14(24)20-11-8-4-5-9-19-11)21-22-23(13)10-6-2-1-3-7-10/h1-9H,(H,19,20,24). The molecule has 6 nitrogen and oxygen atoms in total. The van der Waals surface area contributed by atoms with Crippen molar-refractivity contribution >= 4 is 11.7 Å². The molecule has 0 saturated heterocycles. The zero-order valence-corrected chi connectivity index (χ0v) is 12.0. The van der Waals surface area contributed by atoms with Gasteiger partial charge in [-0.1, -0.05) is 29.5 Å². The van der Waals surface area contributed by atoms with Crippen LogP contribution in [0.4, 0.5) is 19.0 Å². The quantitative estimate of drug-likeness (QED) is 0.800. The number of amides is 1. The third-order valence-electron chi connectivity index (χ3n) is 3.06. The van der Waals surface area contributed by atoms with Crippen molar-refractivity contribution in [3.8, 4) is 5.69 Å². The number of benzene rings is 1. The predicted octanol–water partition coefficient (Wildman–Crippen LogP) is 2.93. The molecule has 0 radical (unpaired) electrons. The largest absolute Gasteiger partial charge is 0.435 e. The van der Waals surface area contributed by atoms with Crippen LogP contribution in [0.3, 0.4) is 0 Å². The Morgan fingerprint density at radius 2 is 1.75 bits per heavy atom. The van der Waals surface area contributed by atoms with E-state index in [0.29, 0.717) is 4.68 Å². The van der Waals surface area contributed by atoms with E-state index in [0.717, 1.165) is 0 Å². The summed E-state index contributed by atoms with van der Waals surface area (Å²) < 4.78 is 40.9. The molecule has 0 spiro atoms. The molecular weight excluding hydrogens is 323 g/mol. The van der Waals surface area contributed by atoms with Crippen molar-refractivity contribution < 1.29 is 18.0 Å². The summed E-state index contributed by atoms with van der Waals surface area (Å²) in [7, 11) is 0. The lowest BCUT2D eigenvalue weighted by Crippen LogP contribution is -2.21. The zero-order valence-electron chi connectivity index (χ0n) is 12.0. The average Bonchev–Trinajstić information content (AvgIpc) is 3.02. The summed E-state index contributed by atoms with van der Waals surface area (Å²) in [6.45, 7) is 0. The number of halogens is 3. The monoisotopic (exact) mass is 333 g/mol. The molecule has 0 aliphatic rings. The lowest BCUT2D eigenvalue weighted by Gasteiger charge is -2.11. The molecule has 0 atom stereocenters. The van der Waals surface area contributed by atoms with Crippen LogP contribution in [0.5, 0.6) is 0 Å². The van der Waals surface area contributed by atoms with E-state index in [1.807, 2.05) is 0 Å². The van der Waals surface area contributed by atoms with Gasteiger partial charge in [-0.2, -0.15) is 13.2 Å². The van der Waals surface area contributed by atoms with E-state index in [-0.39, 0.29) is 11.5 Å². The van der Waals surface area contributed by atoms with Crippen LogP contribution in [0.2, 0.25) is 0 Å². The third-order valence-corrected chi connectivity index (χ3v) is 3.06. The van der Waals surface area contributed by atoms with Gasteiger partial charge in [0, 0.05) is 6.20 Å². The molecule has 1 aromatic carbocycles. The second kappa shape index (κ2) is 6.11. The van der Waals surface area contributed by atoms with Gasteiger partial charge in [0.15, 0.2) is 11.4 Å². The molecule has 9 heteroatoms. The number of para-hydroxylation sites is 1. The van der Waals surface area contributed by atoms with E-state index in [2.05, 4.69) is 20.6 Å². The van der Waals surface area contributed by atoms with Crippen molar-refractivity contribution in [2.45, 2.75) is 6.18 Å². The van der Waals surface area contributed by atoms with Gasteiger partial charge >= 0.3 is 6.18 Å². The molecule has 0 unspecified atom stereocenters. The van der Waals surface area contributed by atoms with Gasteiger partial charge in [0.05, 0.1) is 5.69 Å². The fourth-order valence-electron chi connectivity index (χ4n) is 2.05. The van der Waals surface area contributed by atoms with Crippen molar-refractivity contribution in [2.24, 2.45) is 0 Å². The summed E-state index contributed by atoms with van der Waals surface area (Å²) >= 11 is 0. The highest BCUT2D eigenvalue weighted by Crippen LogP contribution is 2.32. The number of aromatic nitrogens is 4. The molecule has 0 fully saturated rings. The van der Waals surface area contributed by atoms with E-state index in [4.69, 9.17) is 0 Å². The Morgan fingerprint density at radius 1 is 1.04 bits per heavy atom. The normalized spacial score (nSPS) is 11.3. The fraction of sp³-hybridized carbons (Fsp3) is 0.0667. The number of hydrogen-bond acceptors (Lipinski definition) is 4. The summed E-state index contributed by atoms with van der Waals surface area (Å²) in [6.07, 6.45) is -3.41. The first-order chi connectivity index (χ1) is 11.5. The minimum absolute atomic E-state index is 0.116. The lowest BCUT2D eigenvalue weighted by atomic mass is 10.2. The Bertz CT molecular complexity index is 847. The highest BCUT2D eigenvalue weighted by atomic mass is 19.4. The molecule has 0 aliphatic carbocycles. The number of nitrogens with one attached hydrogen (secondary N) is 1. The smallest absolute Gasteiger partial charge is 0.305 e. The molecule has 122 valence electrons. The molecule has 2 heterocycles. The van der Waals surface area contributed by atoms with E-state index >= 15 is 0 Å². The number of hydrogen-bond donors (Lipinski definition) is 1. The van der Waals surface area contributed by atoms with Crippen LogP contribution in [-0.4, -0.2) is 25.9 Å². The summed E-state index contributed by atoms with van der Waals surface area (Å²) in [6, 6.07) is 12.3. The maximum atomic E-state index is 13.4. The maximum absolute atomic E-state index is 13.4. The molecule has 3 rings (SSSR count). The van der Waals surface area contributed by atoms with Crippen molar-refractivity contribution in [2.75, 3.05) is 5.32 Å². The summed E-state index contributed by atoms with van der Waals surface area (Å²) in [5.41, 5.74) is -1.92. The third kappa shape index (κ3) is 3.09. The number of anilines is 1. The van der Waals surface area contributed by atoms with Crippen LogP contribution >= 0.6 is 0 Å². The van der Waals surface area contributed by atoms with Crippen LogP contribution in [0, 0.1) is 0 Å². The first-order valence-corrected chi connectivity index (χ1v) is 6.77. The van der Waals surface area contributed by atoms with Gasteiger partial charge < -0.3 is 5.32 Å². The first kappa shape index (κ1) is 15.7. The minimum atomic E-state index is -4.81. The van der Waals surface area contributed by atoms with E-state index < -0.39 is 23.5 Å². The number of rotatable bonds is 3. The first-order valence-electron chi connectivity index (χ1n) is 6.77. The second-order valence-corrected chi connectivity index (χ2v) is 4.70. The Hall–Kier alpha value is -3.23. The van der Waals surface area contributed by atoms with Crippen molar-refractivity contribution in [3.05, 3.63) is 66.1 Å². The molecule has 3 aromatic rings. The van der Waals surface area contributed by atoms with Gasteiger partial charge in [0.2, 0.25) is 0 Å². The second-order valence-electron chi connectivity index (χ2n) is 4.70. The molecule has 2 aromatic heterocycles. The van der Waals surface area contributed by atoms with Crippen molar-refractivity contribution in [3.63, 3.8) is 0 Å². The van der Waals surface area contributed by atoms with Crippen molar-refractivity contribution in [1.29, 1.82) is 0 Å². The Labute approximate surface area is 133 Å². The van der Waals surface area contributed by atoms with Crippen LogP contribution in [0.25, 0.3) is 5.69 Å². The van der Waals surface area contributed by atoms with Gasteiger partial charge in [-0.25, -0.2) is 9.67 Å². The van der Waals surface area contributed by atoms with Crippen molar-refractivity contribution in [1.82, 2.24) is 20.0 Å². The summed E-state index contributed by atoms with van der Waals surface area (Å²) in [4.78, 5) is 16.0. The highest BCUT2D eigenvalue weighted by molar-refractivity contribution is 6.03. The Balaban J connectivity index is 2.03. The minimum Gasteiger partial charge on any atom is -0.305 e. The molecule has 24 heavy (non-hydrogen) atoms. The van der Waals surface area contributed by atoms with E-state index in [1.54, 1.807) is 30.3 Å². The van der Waals surface area contributed by atoms with Gasteiger partial charge in [-0.3, -0.25) is 4.79 Å². The number of carbonyl (C=O) groups is 1. The number of pyridine rings is 1. The zero-order chi connectivity index (χ0) is 17.2. The predicted molar refractivity (Wildman–Crippen MR) is 78.6 cm³/mol. The van der Waals surface area contributed by atoms with Gasteiger partial charge in [0.25, 0.3) is 5.91 Å². The topological polar surface area (TPSA) is 72.7 Å². The Morgan fingerprint density at radius 3 is 2.38 bits per heavy atom. The van der Waals surface area contributed by atoms with Gasteiger partial charge in [0.1, 0.15) is 5.82 Å².